The Labute approximate surface area is 105 Å². The molecule has 2 aromatic rings. The summed E-state index contributed by atoms with van der Waals surface area (Å²) in [5.41, 5.74) is 2.82. The fourth-order valence-electron chi connectivity index (χ4n) is 1.71. The van der Waals surface area contributed by atoms with Crippen LogP contribution in [0.2, 0.25) is 0 Å². The normalized spacial score (nSPS) is 10.4. The van der Waals surface area contributed by atoms with Crippen LogP contribution >= 0.6 is 0 Å². The predicted molar refractivity (Wildman–Crippen MR) is 68.3 cm³/mol. The first-order valence-electron chi connectivity index (χ1n) is 5.62. The van der Waals surface area contributed by atoms with Gasteiger partial charge in [-0.25, -0.2) is 0 Å². The maximum atomic E-state index is 12.0. The molecule has 1 aromatic heterocycles. The standard InChI is InChI=1S/C13H15N3O2/c1-9-7-12(16(2)15-9)13(18)14-11-5-3-10(8-17)4-6-11/h3-7,17H,8H2,1-2H3,(H,14,18). The number of carbonyl (C=O) groups is 1. The Bertz CT molecular complexity index is 558. The highest BCUT2D eigenvalue weighted by atomic mass is 16.3. The van der Waals surface area contributed by atoms with Gasteiger partial charge in [0, 0.05) is 12.7 Å². The minimum Gasteiger partial charge on any atom is -0.392 e. The van der Waals surface area contributed by atoms with Gasteiger partial charge >= 0.3 is 0 Å². The number of carbonyl (C=O) groups excluding carboxylic acids is 1. The molecule has 0 aliphatic carbocycles. The molecule has 1 aromatic carbocycles. The molecular weight excluding hydrogens is 230 g/mol. The van der Waals surface area contributed by atoms with Crippen LogP contribution in [-0.4, -0.2) is 20.8 Å². The number of aliphatic hydroxyl groups is 1. The molecule has 2 rings (SSSR count). The fourth-order valence-corrected chi connectivity index (χ4v) is 1.71. The summed E-state index contributed by atoms with van der Waals surface area (Å²) in [6, 6.07) is 8.78. The molecule has 0 aliphatic heterocycles. The van der Waals surface area contributed by atoms with Crippen LogP contribution in [0.4, 0.5) is 5.69 Å². The van der Waals surface area contributed by atoms with Crippen molar-refractivity contribution in [3.05, 3.63) is 47.3 Å². The minimum absolute atomic E-state index is 0.00481. The topological polar surface area (TPSA) is 67.2 Å². The smallest absolute Gasteiger partial charge is 0.273 e. The zero-order chi connectivity index (χ0) is 13.1. The van der Waals surface area contributed by atoms with Gasteiger partial charge in [-0.15, -0.1) is 0 Å². The molecule has 18 heavy (non-hydrogen) atoms. The lowest BCUT2D eigenvalue weighted by Gasteiger charge is -2.05. The van der Waals surface area contributed by atoms with Gasteiger partial charge in [0.2, 0.25) is 0 Å². The van der Waals surface area contributed by atoms with Gasteiger partial charge in [-0.1, -0.05) is 12.1 Å². The van der Waals surface area contributed by atoms with Gasteiger partial charge in [-0.3, -0.25) is 9.48 Å². The number of rotatable bonds is 3. The van der Waals surface area contributed by atoms with E-state index in [0.717, 1.165) is 11.3 Å². The van der Waals surface area contributed by atoms with Crippen molar-refractivity contribution in [3.8, 4) is 0 Å². The number of nitrogens with one attached hydrogen (secondary N) is 1. The average molecular weight is 245 g/mol. The Kier molecular flexibility index (Phi) is 3.43. The first-order chi connectivity index (χ1) is 8.60. The molecule has 2 N–H and O–H groups in total. The molecule has 0 bridgehead atoms. The van der Waals surface area contributed by atoms with Crippen molar-refractivity contribution in [2.45, 2.75) is 13.5 Å². The van der Waals surface area contributed by atoms with Crippen LogP contribution in [0, 0.1) is 6.92 Å². The number of amides is 1. The van der Waals surface area contributed by atoms with Gasteiger partial charge in [-0.05, 0) is 30.7 Å². The van der Waals surface area contributed by atoms with Crippen LogP contribution in [0.25, 0.3) is 0 Å². The third kappa shape index (κ3) is 2.57. The molecule has 0 spiro atoms. The maximum Gasteiger partial charge on any atom is 0.273 e. The number of hydrogen-bond donors (Lipinski definition) is 2. The summed E-state index contributed by atoms with van der Waals surface area (Å²) < 4.78 is 1.55. The molecule has 0 atom stereocenters. The van der Waals surface area contributed by atoms with E-state index >= 15 is 0 Å². The van der Waals surface area contributed by atoms with Crippen molar-refractivity contribution in [2.24, 2.45) is 7.05 Å². The summed E-state index contributed by atoms with van der Waals surface area (Å²) in [7, 11) is 1.73. The number of aliphatic hydroxyl groups excluding tert-OH is 1. The molecule has 94 valence electrons. The number of nitrogens with zero attached hydrogens (tertiary/aromatic N) is 2. The van der Waals surface area contributed by atoms with Gasteiger partial charge in [0.1, 0.15) is 5.69 Å². The number of anilines is 1. The Morgan fingerprint density at radius 2 is 2.06 bits per heavy atom. The van der Waals surface area contributed by atoms with E-state index in [1.807, 2.05) is 6.92 Å². The van der Waals surface area contributed by atoms with E-state index in [0.29, 0.717) is 11.4 Å². The molecule has 0 saturated heterocycles. The quantitative estimate of drug-likeness (QED) is 0.860. The highest BCUT2D eigenvalue weighted by Gasteiger charge is 2.11. The van der Waals surface area contributed by atoms with Crippen LogP contribution < -0.4 is 5.32 Å². The Balaban J connectivity index is 2.13. The van der Waals surface area contributed by atoms with E-state index in [1.54, 1.807) is 42.1 Å². The van der Waals surface area contributed by atoms with Gasteiger partial charge < -0.3 is 10.4 Å². The van der Waals surface area contributed by atoms with Crippen LogP contribution in [-0.2, 0) is 13.7 Å². The largest absolute Gasteiger partial charge is 0.392 e. The zero-order valence-electron chi connectivity index (χ0n) is 10.3. The van der Waals surface area contributed by atoms with Gasteiger partial charge in [0.05, 0.1) is 12.3 Å². The van der Waals surface area contributed by atoms with E-state index in [4.69, 9.17) is 5.11 Å². The van der Waals surface area contributed by atoms with Crippen LogP contribution in [0.1, 0.15) is 21.7 Å². The molecule has 5 nitrogen and oxygen atoms in total. The number of benzene rings is 1. The molecule has 0 aliphatic rings. The fraction of sp³-hybridized carbons (Fsp3) is 0.231. The van der Waals surface area contributed by atoms with Gasteiger partial charge in [-0.2, -0.15) is 5.10 Å². The Hall–Kier alpha value is -2.14. The van der Waals surface area contributed by atoms with Gasteiger partial charge in [0.25, 0.3) is 5.91 Å². The molecule has 0 saturated carbocycles. The van der Waals surface area contributed by atoms with Crippen molar-refractivity contribution in [1.29, 1.82) is 0 Å². The van der Waals surface area contributed by atoms with E-state index < -0.39 is 0 Å². The maximum absolute atomic E-state index is 12.0. The van der Waals surface area contributed by atoms with Crippen LogP contribution in [0.15, 0.2) is 30.3 Å². The van der Waals surface area contributed by atoms with Crippen molar-refractivity contribution >= 4 is 11.6 Å². The van der Waals surface area contributed by atoms with E-state index in [1.165, 1.54) is 0 Å². The second-order valence-corrected chi connectivity index (χ2v) is 4.10. The lowest BCUT2D eigenvalue weighted by Crippen LogP contribution is -2.16. The first-order valence-corrected chi connectivity index (χ1v) is 5.62. The molecule has 1 heterocycles. The second-order valence-electron chi connectivity index (χ2n) is 4.10. The Morgan fingerprint density at radius 3 is 2.56 bits per heavy atom. The molecular formula is C13H15N3O2. The summed E-state index contributed by atoms with van der Waals surface area (Å²) in [6.45, 7) is 1.84. The third-order valence-electron chi connectivity index (χ3n) is 2.63. The second kappa shape index (κ2) is 5.01. The SMILES string of the molecule is Cc1cc(C(=O)Nc2ccc(CO)cc2)n(C)n1. The number of aryl methyl sites for hydroxylation is 2. The highest BCUT2D eigenvalue weighted by molar-refractivity contribution is 6.03. The summed E-state index contributed by atoms with van der Waals surface area (Å²) >= 11 is 0. The summed E-state index contributed by atoms with van der Waals surface area (Å²) in [6.07, 6.45) is 0. The molecule has 1 amide bonds. The summed E-state index contributed by atoms with van der Waals surface area (Å²) in [4.78, 5) is 12.0. The van der Waals surface area contributed by atoms with E-state index in [2.05, 4.69) is 10.4 Å². The number of aromatic nitrogens is 2. The van der Waals surface area contributed by atoms with Crippen LogP contribution in [0.5, 0.6) is 0 Å². The van der Waals surface area contributed by atoms with E-state index in [9.17, 15) is 4.79 Å². The lowest BCUT2D eigenvalue weighted by atomic mass is 10.2. The molecule has 0 radical (unpaired) electrons. The lowest BCUT2D eigenvalue weighted by molar-refractivity contribution is 0.101. The average Bonchev–Trinajstić information content (AvgIpc) is 2.69. The van der Waals surface area contributed by atoms with Gasteiger partial charge in [0.15, 0.2) is 0 Å². The molecule has 0 unspecified atom stereocenters. The number of hydrogen-bond acceptors (Lipinski definition) is 3. The molecule has 5 heteroatoms. The highest BCUT2D eigenvalue weighted by Crippen LogP contribution is 2.11. The minimum atomic E-state index is -0.199. The monoisotopic (exact) mass is 245 g/mol. The zero-order valence-corrected chi connectivity index (χ0v) is 10.3. The van der Waals surface area contributed by atoms with Crippen LogP contribution in [0.3, 0.4) is 0 Å². The van der Waals surface area contributed by atoms with E-state index in [-0.39, 0.29) is 12.5 Å². The molecule has 0 fully saturated rings. The van der Waals surface area contributed by atoms with Crippen molar-refractivity contribution in [3.63, 3.8) is 0 Å². The van der Waals surface area contributed by atoms with Crippen molar-refractivity contribution in [2.75, 3.05) is 5.32 Å². The van der Waals surface area contributed by atoms with Crippen molar-refractivity contribution in [1.82, 2.24) is 9.78 Å². The predicted octanol–water partition coefficient (Wildman–Crippen LogP) is 1.47. The van der Waals surface area contributed by atoms with Crippen molar-refractivity contribution < 1.29 is 9.90 Å². The first kappa shape index (κ1) is 12.3. The summed E-state index contributed by atoms with van der Waals surface area (Å²) in [5, 5.41) is 15.8. The summed E-state index contributed by atoms with van der Waals surface area (Å²) in [5.74, 6) is -0.199. The third-order valence-corrected chi connectivity index (χ3v) is 2.63. The Morgan fingerprint density at radius 1 is 1.39 bits per heavy atom.